The van der Waals surface area contributed by atoms with Crippen LogP contribution < -0.4 is 4.90 Å². The van der Waals surface area contributed by atoms with Crippen molar-refractivity contribution in [1.29, 1.82) is 0 Å². The predicted octanol–water partition coefficient (Wildman–Crippen LogP) is 4.04. The number of carbonyl (C=O) groups excluding carboxylic acids is 3. The Balaban J connectivity index is 1.82. The number of amides is 1. The Bertz CT molecular complexity index is 1280. The number of anilines is 1. The number of hydrogen-bond donors (Lipinski definition) is 0. The van der Waals surface area contributed by atoms with Crippen LogP contribution in [0.3, 0.4) is 0 Å². The standard InChI is InChI=1S/C26H30N4O4S/c1-6-34-25(33)21-19-12-14-26(18-10-8-7-9-11-18,15-13-20-16(2)30(5)28-27-20)23(32)22(19)35-24(21)29(4)17(3)31/h7-11H,6,12-15H2,1-5H3. The SMILES string of the molecule is CCOC(=O)c1c(N(C)C(C)=O)sc2c1CCC(CCc1nnn(C)c1C)(c1ccccc1)C2=O. The average molecular weight is 495 g/mol. The molecular weight excluding hydrogens is 464 g/mol. The first-order chi connectivity index (χ1) is 16.7. The zero-order valence-corrected chi connectivity index (χ0v) is 21.6. The van der Waals surface area contributed by atoms with E-state index >= 15 is 0 Å². The van der Waals surface area contributed by atoms with Crippen LogP contribution in [0.2, 0.25) is 0 Å². The smallest absolute Gasteiger partial charge is 0.341 e. The lowest BCUT2D eigenvalue weighted by Gasteiger charge is -2.36. The zero-order chi connectivity index (χ0) is 25.3. The summed E-state index contributed by atoms with van der Waals surface area (Å²) in [4.78, 5) is 41.4. The molecule has 1 aliphatic rings. The van der Waals surface area contributed by atoms with Crippen LogP contribution in [0.5, 0.6) is 0 Å². The van der Waals surface area contributed by atoms with Gasteiger partial charge in [-0.25, -0.2) is 4.79 Å². The van der Waals surface area contributed by atoms with Gasteiger partial charge < -0.3 is 9.64 Å². The second kappa shape index (κ2) is 9.73. The lowest BCUT2D eigenvalue weighted by Crippen LogP contribution is -2.40. The molecule has 1 unspecified atom stereocenters. The summed E-state index contributed by atoms with van der Waals surface area (Å²) >= 11 is 1.21. The van der Waals surface area contributed by atoms with Crippen LogP contribution in [0, 0.1) is 6.92 Å². The third kappa shape index (κ3) is 4.29. The number of esters is 1. The minimum absolute atomic E-state index is 0.0229. The van der Waals surface area contributed by atoms with Crippen molar-refractivity contribution in [3.63, 3.8) is 0 Å². The Hall–Kier alpha value is -3.33. The number of benzene rings is 1. The summed E-state index contributed by atoms with van der Waals surface area (Å²) in [7, 11) is 3.47. The summed E-state index contributed by atoms with van der Waals surface area (Å²) in [5.74, 6) is -0.734. The molecule has 4 rings (SSSR count). The molecule has 35 heavy (non-hydrogen) atoms. The number of carbonyl (C=O) groups is 3. The number of fused-ring (bicyclic) bond motifs is 1. The zero-order valence-electron chi connectivity index (χ0n) is 20.8. The van der Waals surface area contributed by atoms with Gasteiger partial charge in [-0.2, -0.15) is 0 Å². The number of hydrogen-bond acceptors (Lipinski definition) is 7. The minimum atomic E-state index is -0.763. The van der Waals surface area contributed by atoms with Crippen LogP contribution in [-0.2, 0) is 34.8 Å². The molecule has 1 amide bonds. The molecule has 1 aromatic carbocycles. The second-order valence-corrected chi connectivity index (χ2v) is 9.91. The third-order valence-electron chi connectivity index (χ3n) is 7.01. The Morgan fingerprint density at radius 1 is 1.26 bits per heavy atom. The summed E-state index contributed by atoms with van der Waals surface area (Å²) in [5, 5.41) is 8.87. The van der Waals surface area contributed by atoms with E-state index in [1.54, 1.807) is 18.7 Å². The molecule has 2 aromatic heterocycles. The van der Waals surface area contributed by atoms with Crippen molar-refractivity contribution in [1.82, 2.24) is 15.0 Å². The van der Waals surface area contributed by atoms with E-state index in [0.29, 0.717) is 46.7 Å². The molecule has 0 radical (unpaired) electrons. The maximum Gasteiger partial charge on any atom is 0.341 e. The number of aryl methyl sites for hydroxylation is 2. The minimum Gasteiger partial charge on any atom is -0.462 e. The molecule has 0 bridgehead atoms. The van der Waals surface area contributed by atoms with Gasteiger partial charge in [-0.1, -0.05) is 35.5 Å². The Labute approximate surface area is 208 Å². The summed E-state index contributed by atoms with van der Waals surface area (Å²) in [6.07, 6.45) is 2.26. The van der Waals surface area contributed by atoms with Crippen LogP contribution in [0.1, 0.15) is 69.2 Å². The molecule has 9 heteroatoms. The summed E-state index contributed by atoms with van der Waals surface area (Å²) in [5.41, 5.74) is 3.05. The van der Waals surface area contributed by atoms with Gasteiger partial charge in [0.2, 0.25) is 5.91 Å². The molecule has 0 aliphatic heterocycles. The van der Waals surface area contributed by atoms with Crippen molar-refractivity contribution in [2.75, 3.05) is 18.6 Å². The summed E-state index contributed by atoms with van der Waals surface area (Å²) in [6, 6.07) is 9.82. The summed E-state index contributed by atoms with van der Waals surface area (Å²) in [6.45, 7) is 5.37. The molecule has 0 fully saturated rings. The lowest BCUT2D eigenvalue weighted by molar-refractivity contribution is -0.116. The van der Waals surface area contributed by atoms with Gasteiger partial charge in [-0.05, 0) is 50.7 Å². The molecule has 3 aromatic rings. The van der Waals surface area contributed by atoms with Gasteiger partial charge >= 0.3 is 5.97 Å². The first kappa shape index (κ1) is 24.8. The fourth-order valence-corrected chi connectivity index (χ4v) is 6.14. The number of rotatable bonds is 7. The second-order valence-electron chi connectivity index (χ2n) is 8.91. The van der Waals surface area contributed by atoms with E-state index < -0.39 is 11.4 Å². The molecule has 0 spiro atoms. The normalized spacial score (nSPS) is 17.2. The van der Waals surface area contributed by atoms with E-state index in [1.165, 1.54) is 23.2 Å². The Morgan fingerprint density at radius 3 is 2.57 bits per heavy atom. The number of thiophene rings is 1. The van der Waals surface area contributed by atoms with Gasteiger partial charge in [0.1, 0.15) is 5.00 Å². The molecule has 0 N–H and O–H groups in total. The molecule has 1 aliphatic carbocycles. The van der Waals surface area contributed by atoms with E-state index in [-0.39, 0.29) is 18.3 Å². The van der Waals surface area contributed by atoms with Crippen LogP contribution in [0.15, 0.2) is 30.3 Å². The molecule has 0 saturated heterocycles. The largest absolute Gasteiger partial charge is 0.462 e. The van der Waals surface area contributed by atoms with Crippen molar-refractivity contribution < 1.29 is 19.1 Å². The Kier molecular flexibility index (Phi) is 6.89. The molecule has 0 saturated carbocycles. The van der Waals surface area contributed by atoms with Crippen LogP contribution in [0.25, 0.3) is 0 Å². The number of aromatic nitrogens is 3. The first-order valence-electron chi connectivity index (χ1n) is 11.7. The lowest BCUT2D eigenvalue weighted by atomic mass is 9.65. The van der Waals surface area contributed by atoms with Crippen molar-refractivity contribution >= 4 is 34.0 Å². The third-order valence-corrected chi connectivity index (χ3v) is 8.31. The quantitative estimate of drug-likeness (QED) is 0.460. The highest BCUT2D eigenvalue weighted by Crippen LogP contribution is 2.48. The monoisotopic (exact) mass is 494 g/mol. The highest BCUT2D eigenvalue weighted by molar-refractivity contribution is 7.19. The van der Waals surface area contributed by atoms with Gasteiger partial charge in [0.05, 0.1) is 33.9 Å². The maximum absolute atomic E-state index is 14.3. The van der Waals surface area contributed by atoms with Gasteiger partial charge in [-0.15, -0.1) is 16.4 Å². The van der Waals surface area contributed by atoms with E-state index in [2.05, 4.69) is 10.3 Å². The van der Waals surface area contributed by atoms with Crippen molar-refractivity contribution in [2.45, 2.75) is 51.9 Å². The highest BCUT2D eigenvalue weighted by Gasteiger charge is 2.47. The Morgan fingerprint density at radius 2 is 1.97 bits per heavy atom. The van der Waals surface area contributed by atoms with E-state index in [9.17, 15) is 14.4 Å². The topological polar surface area (TPSA) is 94.4 Å². The predicted molar refractivity (Wildman–Crippen MR) is 134 cm³/mol. The van der Waals surface area contributed by atoms with Crippen molar-refractivity contribution in [3.05, 3.63) is 63.3 Å². The molecule has 8 nitrogen and oxygen atoms in total. The van der Waals surface area contributed by atoms with Crippen molar-refractivity contribution in [3.8, 4) is 0 Å². The highest BCUT2D eigenvalue weighted by atomic mass is 32.1. The van der Waals surface area contributed by atoms with Crippen LogP contribution in [-0.4, -0.2) is 46.3 Å². The number of ether oxygens (including phenoxy) is 1. The van der Waals surface area contributed by atoms with Crippen LogP contribution in [0.4, 0.5) is 5.00 Å². The van der Waals surface area contributed by atoms with Gasteiger partial charge in [0, 0.05) is 21.0 Å². The van der Waals surface area contributed by atoms with Crippen molar-refractivity contribution in [2.24, 2.45) is 7.05 Å². The molecule has 2 heterocycles. The fraction of sp³-hybridized carbons (Fsp3) is 0.423. The molecular formula is C26H30N4O4S. The van der Waals surface area contributed by atoms with E-state index in [1.807, 2.05) is 44.3 Å². The van der Waals surface area contributed by atoms with Crippen LogP contribution >= 0.6 is 11.3 Å². The maximum atomic E-state index is 14.3. The molecule has 184 valence electrons. The number of ketones is 1. The van der Waals surface area contributed by atoms with Gasteiger partial charge in [0.25, 0.3) is 0 Å². The number of nitrogens with zero attached hydrogens (tertiary/aromatic N) is 4. The van der Waals surface area contributed by atoms with E-state index in [4.69, 9.17) is 4.74 Å². The average Bonchev–Trinajstić information content (AvgIpc) is 3.39. The molecule has 1 atom stereocenters. The summed E-state index contributed by atoms with van der Waals surface area (Å²) < 4.78 is 7.05. The van der Waals surface area contributed by atoms with Gasteiger partial charge in [0.15, 0.2) is 5.78 Å². The van der Waals surface area contributed by atoms with E-state index in [0.717, 1.165) is 17.0 Å². The fourth-order valence-electron chi connectivity index (χ4n) is 4.76. The van der Waals surface area contributed by atoms with Gasteiger partial charge in [-0.3, -0.25) is 14.3 Å². The first-order valence-corrected chi connectivity index (χ1v) is 12.6. The number of Topliss-reactive ketones (excluding diaryl/α,β-unsaturated/α-hetero) is 1.